The van der Waals surface area contributed by atoms with E-state index in [0.29, 0.717) is 18.6 Å². The summed E-state index contributed by atoms with van der Waals surface area (Å²) in [4.78, 5) is 14.5. The van der Waals surface area contributed by atoms with Crippen LogP contribution >= 0.6 is 0 Å². The molecule has 1 atom stereocenters. The molecule has 0 spiro atoms. The van der Waals surface area contributed by atoms with Crippen molar-refractivity contribution in [3.05, 3.63) is 35.4 Å². The lowest BCUT2D eigenvalue weighted by atomic mass is 10.1. The fraction of sp³-hybridized carbons (Fsp3) is 0.273. The van der Waals surface area contributed by atoms with Crippen LogP contribution in [0.25, 0.3) is 0 Å². The molecular formula is C11H9F2NO2. The van der Waals surface area contributed by atoms with Crippen LogP contribution in [0, 0.1) is 11.6 Å². The molecule has 0 radical (unpaired) electrons. The lowest BCUT2D eigenvalue weighted by molar-refractivity contribution is -0.138. The van der Waals surface area contributed by atoms with Gasteiger partial charge in [-0.15, -0.1) is 0 Å². The Balaban J connectivity index is 2.35. The van der Waals surface area contributed by atoms with E-state index in [0.717, 1.165) is 18.2 Å². The van der Waals surface area contributed by atoms with Gasteiger partial charge >= 0.3 is 5.97 Å². The van der Waals surface area contributed by atoms with Gasteiger partial charge in [-0.3, -0.25) is 4.99 Å². The molecule has 1 aliphatic rings. The van der Waals surface area contributed by atoms with Gasteiger partial charge in [-0.2, -0.15) is 0 Å². The van der Waals surface area contributed by atoms with Crippen molar-refractivity contribution < 1.29 is 18.7 Å². The summed E-state index contributed by atoms with van der Waals surface area (Å²) in [5, 5.41) is 8.73. The van der Waals surface area contributed by atoms with Crippen LogP contribution in [-0.4, -0.2) is 22.8 Å². The normalized spacial score (nSPS) is 19.6. The van der Waals surface area contributed by atoms with Gasteiger partial charge in [0, 0.05) is 11.3 Å². The van der Waals surface area contributed by atoms with Gasteiger partial charge in [0.2, 0.25) is 0 Å². The van der Waals surface area contributed by atoms with Crippen molar-refractivity contribution in [2.45, 2.75) is 18.9 Å². The second kappa shape index (κ2) is 4.00. The second-order valence-electron chi connectivity index (χ2n) is 3.59. The Morgan fingerprint density at radius 2 is 2.19 bits per heavy atom. The van der Waals surface area contributed by atoms with Crippen LogP contribution in [0.15, 0.2) is 23.2 Å². The average molecular weight is 225 g/mol. The molecule has 0 bridgehead atoms. The molecule has 84 valence electrons. The van der Waals surface area contributed by atoms with E-state index in [9.17, 15) is 13.6 Å². The Hall–Kier alpha value is -1.78. The molecule has 0 saturated heterocycles. The predicted octanol–water partition coefficient (Wildman–Crippen LogP) is 2.00. The largest absolute Gasteiger partial charge is 0.480 e. The van der Waals surface area contributed by atoms with Crippen molar-refractivity contribution in [3.63, 3.8) is 0 Å². The van der Waals surface area contributed by atoms with Gasteiger partial charge in [0.25, 0.3) is 0 Å². The van der Waals surface area contributed by atoms with Crippen molar-refractivity contribution >= 4 is 11.7 Å². The minimum Gasteiger partial charge on any atom is -0.480 e. The maximum atomic E-state index is 13.4. The van der Waals surface area contributed by atoms with Crippen LogP contribution < -0.4 is 0 Å². The van der Waals surface area contributed by atoms with Crippen molar-refractivity contribution in [2.75, 3.05) is 0 Å². The SMILES string of the molecule is O=C(O)[C@H]1CCC(c2cc(F)ccc2F)=N1. The number of benzene rings is 1. The highest BCUT2D eigenvalue weighted by molar-refractivity contribution is 6.03. The maximum Gasteiger partial charge on any atom is 0.328 e. The number of nitrogens with zero attached hydrogens (tertiary/aromatic N) is 1. The highest BCUT2D eigenvalue weighted by Gasteiger charge is 2.25. The smallest absolute Gasteiger partial charge is 0.328 e. The van der Waals surface area contributed by atoms with E-state index >= 15 is 0 Å². The lowest BCUT2D eigenvalue weighted by Gasteiger charge is -2.02. The van der Waals surface area contributed by atoms with Gasteiger partial charge in [-0.25, -0.2) is 13.6 Å². The molecule has 1 aromatic rings. The van der Waals surface area contributed by atoms with Crippen LogP contribution in [0.5, 0.6) is 0 Å². The summed E-state index contributed by atoms with van der Waals surface area (Å²) in [6.45, 7) is 0. The summed E-state index contributed by atoms with van der Waals surface area (Å²) in [5.74, 6) is -2.17. The molecule has 1 heterocycles. The molecule has 3 nitrogen and oxygen atoms in total. The topological polar surface area (TPSA) is 49.7 Å². The molecular weight excluding hydrogens is 216 g/mol. The van der Waals surface area contributed by atoms with Gasteiger partial charge < -0.3 is 5.11 Å². The molecule has 5 heteroatoms. The first-order valence-electron chi connectivity index (χ1n) is 4.83. The van der Waals surface area contributed by atoms with Gasteiger partial charge in [0.1, 0.15) is 17.7 Å². The number of rotatable bonds is 2. The average Bonchev–Trinajstić information content (AvgIpc) is 2.70. The Kier molecular flexibility index (Phi) is 2.68. The Labute approximate surface area is 90.4 Å². The van der Waals surface area contributed by atoms with Gasteiger partial charge in [-0.1, -0.05) is 0 Å². The molecule has 16 heavy (non-hydrogen) atoms. The van der Waals surface area contributed by atoms with Crippen molar-refractivity contribution in [1.82, 2.24) is 0 Å². The monoisotopic (exact) mass is 225 g/mol. The molecule has 2 rings (SSSR count). The molecule has 0 aliphatic carbocycles. The number of hydrogen-bond acceptors (Lipinski definition) is 2. The number of aliphatic carboxylic acids is 1. The van der Waals surface area contributed by atoms with E-state index < -0.39 is 23.6 Å². The number of carboxylic acid groups (broad SMARTS) is 1. The zero-order valence-corrected chi connectivity index (χ0v) is 8.28. The van der Waals surface area contributed by atoms with Crippen molar-refractivity contribution in [1.29, 1.82) is 0 Å². The standard InChI is InChI=1S/C11H9F2NO2/c12-6-1-2-8(13)7(5-6)9-3-4-10(14-9)11(15)16/h1-2,5,10H,3-4H2,(H,15,16)/t10-/m1/s1. The maximum absolute atomic E-state index is 13.4. The Morgan fingerprint density at radius 1 is 1.44 bits per heavy atom. The third-order valence-electron chi connectivity index (χ3n) is 2.49. The Bertz CT molecular complexity index is 471. The van der Waals surface area contributed by atoms with E-state index in [1.165, 1.54) is 0 Å². The summed E-state index contributed by atoms with van der Waals surface area (Å²) in [7, 11) is 0. The number of aliphatic imine (C=N–C) groups is 1. The molecule has 1 aliphatic heterocycles. The first-order chi connectivity index (χ1) is 7.58. The summed E-state index contributed by atoms with van der Waals surface area (Å²) in [5.41, 5.74) is 0.383. The molecule has 0 aromatic heterocycles. The van der Waals surface area contributed by atoms with E-state index in [2.05, 4.69) is 4.99 Å². The Morgan fingerprint density at radius 3 is 2.81 bits per heavy atom. The molecule has 0 saturated carbocycles. The third-order valence-corrected chi connectivity index (χ3v) is 2.49. The third kappa shape index (κ3) is 1.93. The molecule has 1 N–H and O–H groups in total. The van der Waals surface area contributed by atoms with Gasteiger partial charge in [0.15, 0.2) is 0 Å². The fourth-order valence-corrected chi connectivity index (χ4v) is 1.69. The quantitative estimate of drug-likeness (QED) is 0.836. The zero-order chi connectivity index (χ0) is 11.7. The highest BCUT2D eigenvalue weighted by atomic mass is 19.1. The fourth-order valence-electron chi connectivity index (χ4n) is 1.69. The summed E-state index contributed by atoms with van der Waals surface area (Å²) in [6.07, 6.45) is 0.692. The minimum absolute atomic E-state index is 0.0590. The van der Waals surface area contributed by atoms with Crippen molar-refractivity contribution in [3.8, 4) is 0 Å². The van der Waals surface area contributed by atoms with E-state index in [1.807, 2.05) is 0 Å². The summed E-state index contributed by atoms with van der Waals surface area (Å²) < 4.78 is 26.3. The molecule has 0 amide bonds. The predicted molar refractivity (Wildman–Crippen MR) is 53.6 cm³/mol. The number of carboxylic acids is 1. The summed E-state index contributed by atoms with van der Waals surface area (Å²) in [6, 6.07) is 2.24. The number of halogens is 2. The minimum atomic E-state index is -1.04. The highest BCUT2D eigenvalue weighted by Crippen LogP contribution is 2.21. The molecule has 1 aromatic carbocycles. The van der Waals surface area contributed by atoms with Gasteiger partial charge in [0.05, 0.1) is 0 Å². The molecule has 0 unspecified atom stereocenters. The second-order valence-corrected chi connectivity index (χ2v) is 3.59. The number of carbonyl (C=O) groups is 1. The van der Waals surface area contributed by atoms with Crippen molar-refractivity contribution in [2.24, 2.45) is 4.99 Å². The van der Waals surface area contributed by atoms with E-state index in [4.69, 9.17) is 5.11 Å². The van der Waals surface area contributed by atoms with Crippen LogP contribution in [0.4, 0.5) is 8.78 Å². The summed E-state index contributed by atoms with van der Waals surface area (Å²) >= 11 is 0. The van der Waals surface area contributed by atoms with Crippen LogP contribution in [0.1, 0.15) is 18.4 Å². The van der Waals surface area contributed by atoms with Gasteiger partial charge in [-0.05, 0) is 31.0 Å². The zero-order valence-electron chi connectivity index (χ0n) is 8.28. The number of hydrogen-bond donors (Lipinski definition) is 1. The molecule has 0 fully saturated rings. The lowest BCUT2D eigenvalue weighted by Crippen LogP contribution is -2.13. The first kappa shape index (κ1) is 10.7. The van der Waals surface area contributed by atoms with E-state index in [-0.39, 0.29) is 5.56 Å². The van der Waals surface area contributed by atoms with Crippen LogP contribution in [-0.2, 0) is 4.79 Å². The van der Waals surface area contributed by atoms with Crippen LogP contribution in [0.3, 0.4) is 0 Å². The first-order valence-corrected chi connectivity index (χ1v) is 4.83. The van der Waals surface area contributed by atoms with E-state index in [1.54, 1.807) is 0 Å². The van der Waals surface area contributed by atoms with Crippen LogP contribution in [0.2, 0.25) is 0 Å².